The third kappa shape index (κ3) is 3.44. The van der Waals surface area contributed by atoms with Crippen molar-refractivity contribution in [2.24, 2.45) is 0 Å². The van der Waals surface area contributed by atoms with Gasteiger partial charge >= 0.3 is 5.69 Å². The highest BCUT2D eigenvalue weighted by Crippen LogP contribution is 2.31. The third-order valence-corrected chi connectivity index (χ3v) is 5.31. The molecule has 0 aliphatic carbocycles. The number of benzene rings is 2. The Kier molecular flexibility index (Phi) is 4.74. The van der Waals surface area contributed by atoms with Gasteiger partial charge in [-0.25, -0.2) is 4.79 Å². The number of rotatable bonds is 3. The normalized spacial score (nSPS) is 11.0. The topological polar surface area (TPSA) is 107 Å². The maximum Gasteiger partial charge on any atom is 0.349 e. The zero-order valence-electron chi connectivity index (χ0n) is 15.1. The molecule has 2 aromatic carbocycles. The van der Waals surface area contributed by atoms with Crippen molar-refractivity contribution in [2.45, 2.75) is 13.3 Å². The molecule has 144 valence electrons. The van der Waals surface area contributed by atoms with Gasteiger partial charge in [-0.1, -0.05) is 29.3 Å². The van der Waals surface area contributed by atoms with Crippen molar-refractivity contribution in [1.29, 1.82) is 5.26 Å². The Bertz CT molecular complexity index is 1400. The molecule has 7 nitrogen and oxygen atoms in total. The Balaban J connectivity index is 1.76. The van der Waals surface area contributed by atoms with Crippen molar-refractivity contribution < 1.29 is 0 Å². The molecule has 0 spiro atoms. The van der Waals surface area contributed by atoms with Gasteiger partial charge in [-0.3, -0.25) is 9.78 Å². The van der Waals surface area contributed by atoms with E-state index in [1.165, 1.54) is 12.1 Å². The lowest BCUT2D eigenvalue weighted by Gasteiger charge is -2.11. The fraction of sp³-hybridized carbons (Fsp3) is 0.100. The van der Waals surface area contributed by atoms with Crippen molar-refractivity contribution in [3.8, 4) is 11.8 Å². The highest BCUT2D eigenvalue weighted by molar-refractivity contribution is 6.36. The van der Waals surface area contributed by atoms with E-state index in [4.69, 9.17) is 28.5 Å². The van der Waals surface area contributed by atoms with Gasteiger partial charge in [0.1, 0.15) is 6.07 Å². The summed E-state index contributed by atoms with van der Waals surface area (Å²) in [5.41, 5.74) is 2.10. The SMILES string of the molecule is Cc1c[nH]c2ccc(Cc3c(Cl)cc(-n4nc(C#N)c(=O)[nH]c4=O)cc3Cl)cc12. The average molecular weight is 426 g/mol. The monoisotopic (exact) mass is 425 g/mol. The van der Waals surface area contributed by atoms with E-state index in [1.54, 1.807) is 6.07 Å². The van der Waals surface area contributed by atoms with E-state index in [-0.39, 0.29) is 5.69 Å². The molecule has 9 heteroatoms. The predicted molar refractivity (Wildman–Crippen MR) is 111 cm³/mol. The molecular weight excluding hydrogens is 413 g/mol. The lowest BCUT2D eigenvalue weighted by atomic mass is 10.0. The van der Waals surface area contributed by atoms with E-state index < -0.39 is 16.9 Å². The molecule has 0 amide bonds. The minimum Gasteiger partial charge on any atom is -0.361 e. The van der Waals surface area contributed by atoms with Gasteiger partial charge in [0.15, 0.2) is 0 Å². The maximum atomic E-state index is 12.1. The second kappa shape index (κ2) is 7.24. The van der Waals surface area contributed by atoms with E-state index in [9.17, 15) is 9.59 Å². The molecule has 0 saturated heterocycles. The number of nitrogens with zero attached hydrogens (tertiary/aromatic N) is 3. The van der Waals surface area contributed by atoms with Crippen molar-refractivity contribution >= 4 is 34.1 Å². The van der Waals surface area contributed by atoms with Crippen LogP contribution >= 0.6 is 23.2 Å². The van der Waals surface area contributed by atoms with Gasteiger partial charge in [0.2, 0.25) is 5.69 Å². The molecule has 0 aliphatic heterocycles. The van der Waals surface area contributed by atoms with Crippen molar-refractivity contribution in [3.05, 3.63) is 89.8 Å². The van der Waals surface area contributed by atoms with Crippen LogP contribution in [-0.2, 0) is 6.42 Å². The molecule has 2 aromatic heterocycles. The van der Waals surface area contributed by atoms with Crippen molar-refractivity contribution in [3.63, 3.8) is 0 Å². The minimum absolute atomic E-state index is 0.249. The number of halogens is 2. The molecule has 4 rings (SSSR count). The molecule has 0 bridgehead atoms. The quantitative estimate of drug-likeness (QED) is 0.523. The summed E-state index contributed by atoms with van der Waals surface area (Å²) < 4.78 is 0.886. The van der Waals surface area contributed by atoms with E-state index in [0.29, 0.717) is 22.0 Å². The van der Waals surface area contributed by atoms with Crippen LogP contribution in [0.1, 0.15) is 22.4 Å². The molecule has 0 radical (unpaired) electrons. The zero-order chi connectivity index (χ0) is 20.7. The number of nitrogens with one attached hydrogen (secondary N) is 2. The summed E-state index contributed by atoms with van der Waals surface area (Å²) >= 11 is 12.9. The Morgan fingerprint density at radius 3 is 2.59 bits per heavy atom. The predicted octanol–water partition coefficient (Wildman–Crippen LogP) is 3.48. The molecular formula is C20H13Cl2N5O2. The fourth-order valence-corrected chi connectivity index (χ4v) is 3.76. The van der Waals surface area contributed by atoms with Crippen molar-refractivity contribution in [1.82, 2.24) is 19.7 Å². The molecule has 0 unspecified atom stereocenters. The van der Waals surface area contributed by atoms with Crippen molar-refractivity contribution in [2.75, 3.05) is 0 Å². The van der Waals surface area contributed by atoms with Gasteiger partial charge in [-0.2, -0.15) is 9.94 Å². The van der Waals surface area contributed by atoms with Gasteiger partial charge in [0.05, 0.1) is 5.69 Å². The van der Waals surface area contributed by atoms with Gasteiger partial charge in [0, 0.05) is 33.6 Å². The second-order valence-corrected chi connectivity index (χ2v) is 7.36. The highest BCUT2D eigenvalue weighted by Gasteiger charge is 2.14. The second-order valence-electron chi connectivity index (χ2n) is 6.55. The maximum absolute atomic E-state index is 12.1. The van der Waals surface area contributed by atoms with Crippen LogP contribution in [-0.4, -0.2) is 19.7 Å². The lowest BCUT2D eigenvalue weighted by molar-refractivity contribution is 0.740. The molecule has 29 heavy (non-hydrogen) atoms. The summed E-state index contributed by atoms with van der Waals surface area (Å²) in [5.74, 6) is 0. The van der Waals surface area contributed by atoms with E-state index in [1.807, 2.05) is 30.2 Å². The van der Waals surface area contributed by atoms with Crippen LogP contribution in [0.3, 0.4) is 0 Å². The Labute approximate surface area is 174 Å². The first-order valence-corrected chi connectivity index (χ1v) is 9.31. The smallest absolute Gasteiger partial charge is 0.349 e. The summed E-state index contributed by atoms with van der Waals surface area (Å²) in [6, 6.07) is 10.8. The van der Waals surface area contributed by atoms with Crippen LogP contribution in [0, 0.1) is 18.3 Å². The molecule has 2 N–H and O–H groups in total. The van der Waals surface area contributed by atoms with Crippen LogP contribution < -0.4 is 11.2 Å². The van der Waals surface area contributed by atoms with Gasteiger partial charge in [-0.15, -0.1) is 5.10 Å². The summed E-state index contributed by atoms with van der Waals surface area (Å²) in [4.78, 5) is 28.9. The van der Waals surface area contributed by atoms with E-state index in [0.717, 1.165) is 26.7 Å². The highest BCUT2D eigenvalue weighted by atomic mass is 35.5. The molecule has 0 atom stereocenters. The molecule has 2 heterocycles. The largest absolute Gasteiger partial charge is 0.361 e. The number of fused-ring (bicyclic) bond motifs is 1. The minimum atomic E-state index is -0.849. The number of aromatic nitrogens is 4. The fourth-order valence-electron chi connectivity index (χ4n) is 3.15. The third-order valence-electron chi connectivity index (χ3n) is 4.64. The molecule has 0 aliphatic rings. The number of aromatic amines is 2. The van der Waals surface area contributed by atoms with Gasteiger partial charge in [0.25, 0.3) is 5.56 Å². The number of hydrogen-bond acceptors (Lipinski definition) is 4. The Morgan fingerprint density at radius 1 is 1.17 bits per heavy atom. The molecule has 4 aromatic rings. The standard InChI is InChI=1S/C20H13Cl2N5O2/c1-10-9-24-17-3-2-11(4-13(10)17)5-14-15(21)6-12(7-16(14)22)27-20(29)25-19(28)18(8-23)26-27/h2-4,6-7,9,24H,5H2,1H3,(H,25,28,29). The molecule has 0 fully saturated rings. The Hall–Kier alpha value is -3.34. The van der Waals surface area contributed by atoms with E-state index in [2.05, 4.69) is 16.1 Å². The number of H-pyrrole nitrogens is 2. The lowest BCUT2D eigenvalue weighted by Crippen LogP contribution is -2.33. The van der Waals surface area contributed by atoms with Crippen LogP contribution in [0.15, 0.2) is 46.1 Å². The summed E-state index contributed by atoms with van der Waals surface area (Å²) in [6.45, 7) is 2.03. The van der Waals surface area contributed by atoms with Crippen LogP contribution in [0.25, 0.3) is 16.6 Å². The van der Waals surface area contributed by atoms with E-state index >= 15 is 0 Å². The Morgan fingerprint density at radius 2 is 1.90 bits per heavy atom. The van der Waals surface area contributed by atoms with Gasteiger partial charge < -0.3 is 4.98 Å². The number of hydrogen-bond donors (Lipinski definition) is 2. The summed E-state index contributed by atoms with van der Waals surface area (Å²) in [5, 5.41) is 14.6. The number of aryl methyl sites for hydroxylation is 1. The molecule has 0 saturated carbocycles. The number of nitriles is 1. The van der Waals surface area contributed by atoms with Crippen LogP contribution in [0.5, 0.6) is 0 Å². The first kappa shape index (κ1) is 19.0. The average Bonchev–Trinajstić information content (AvgIpc) is 3.05. The van der Waals surface area contributed by atoms with Crippen LogP contribution in [0.4, 0.5) is 0 Å². The first-order valence-electron chi connectivity index (χ1n) is 8.56. The summed E-state index contributed by atoms with van der Waals surface area (Å²) in [7, 11) is 0. The van der Waals surface area contributed by atoms with Crippen LogP contribution in [0.2, 0.25) is 10.0 Å². The zero-order valence-corrected chi connectivity index (χ0v) is 16.6. The summed E-state index contributed by atoms with van der Waals surface area (Å²) in [6.07, 6.45) is 2.45. The van der Waals surface area contributed by atoms with Gasteiger partial charge in [-0.05, 0) is 47.9 Å². The first-order chi connectivity index (χ1) is 13.9.